The highest BCUT2D eigenvalue weighted by Gasteiger charge is 2.49. The highest BCUT2D eigenvalue weighted by Crippen LogP contribution is 2.60. The molecular weight excluding hydrogens is 240 g/mol. The summed E-state index contributed by atoms with van der Waals surface area (Å²) >= 11 is 0. The van der Waals surface area contributed by atoms with Gasteiger partial charge in [-0.2, -0.15) is 0 Å². The summed E-state index contributed by atoms with van der Waals surface area (Å²) in [5, 5.41) is 4.16. The Bertz CT molecular complexity index is 599. The second-order valence-electron chi connectivity index (χ2n) is 5.78. The van der Waals surface area contributed by atoms with Crippen LogP contribution in [0.1, 0.15) is 31.9 Å². The fourth-order valence-electron chi connectivity index (χ4n) is 2.54. The second-order valence-corrected chi connectivity index (χ2v) is 5.78. The molecule has 1 atom stereocenters. The van der Waals surface area contributed by atoms with Gasteiger partial charge in [0.2, 0.25) is 5.88 Å². The van der Waals surface area contributed by atoms with Gasteiger partial charge in [-0.25, -0.2) is 0 Å². The summed E-state index contributed by atoms with van der Waals surface area (Å²) in [5.74, 6) is 1.65. The first-order valence-corrected chi connectivity index (χ1v) is 6.42. The number of nitrogens with zero attached hydrogens (tertiary/aromatic N) is 1. The smallest absolute Gasteiger partial charge is 0.230 e. The lowest BCUT2D eigenvalue weighted by Crippen LogP contribution is -1.94. The molecule has 1 saturated carbocycles. The van der Waals surface area contributed by atoms with Crippen LogP contribution in [0, 0.1) is 5.41 Å². The molecule has 1 fully saturated rings. The zero-order valence-corrected chi connectivity index (χ0v) is 11.4. The molecule has 1 aromatic carbocycles. The fraction of sp³-hybridized carbons (Fsp3) is 0.400. The van der Waals surface area contributed by atoms with Crippen molar-refractivity contribution in [1.82, 2.24) is 5.16 Å². The number of hydrogen-bond donors (Lipinski definition) is 1. The van der Waals surface area contributed by atoms with Crippen molar-refractivity contribution >= 4 is 5.88 Å². The fourth-order valence-corrected chi connectivity index (χ4v) is 2.54. The highest BCUT2D eigenvalue weighted by molar-refractivity contribution is 5.76. The van der Waals surface area contributed by atoms with Crippen molar-refractivity contribution in [2.24, 2.45) is 5.41 Å². The minimum atomic E-state index is 0.296. The predicted molar refractivity (Wildman–Crippen MR) is 74.0 cm³/mol. The van der Waals surface area contributed by atoms with E-state index in [9.17, 15) is 0 Å². The minimum Gasteiger partial charge on any atom is -0.497 e. The number of methoxy groups -OCH3 is 1. The molecule has 2 aromatic rings. The summed E-state index contributed by atoms with van der Waals surface area (Å²) in [4.78, 5) is 0. The van der Waals surface area contributed by atoms with Crippen LogP contribution in [-0.4, -0.2) is 12.3 Å². The summed E-state index contributed by atoms with van der Waals surface area (Å²) in [7, 11) is 1.65. The Morgan fingerprint density at radius 1 is 1.32 bits per heavy atom. The van der Waals surface area contributed by atoms with Crippen molar-refractivity contribution in [3.05, 3.63) is 30.0 Å². The maximum absolute atomic E-state index is 5.94. The maximum Gasteiger partial charge on any atom is 0.230 e. The van der Waals surface area contributed by atoms with Crippen LogP contribution < -0.4 is 10.5 Å². The van der Waals surface area contributed by atoms with Crippen LogP contribution in [0.5, 0.6) is 5.75 Å². The Morgan fingerprint density at radius 2 is 1.95 bits per heavy atom. The zero-order valence-electron chi connectivity index (χ0n) is 11.4. The third-order valence-electron chi connectivity index (χ3n) is 3.97. The standard InChI is InChI=1S/C15H18N2O2/c1-15(2)8-11(15)13-12(14(16)19-17-13)9-4-6-10(18-3)7-5-9/h4-7,11H,8,16H2,1-3H3. The number of ether oxygens (including phenoxy) is 1. The molecule has 100 valence electrons. The van der Waals surface area contributed by atoms with Gasteiger partial charge >= 0.3 is 0 Å². The molecule has 0 radical (unpaired) electrons. The highest BCUT2D eigenvalue weighted by atomic mass is 16.5. The van der Waals surface area contributed by atoms with Crippen LogP contribution in [0.2, 0.25) is 0 Å². The van der Waals surface area contributed by atoms with Gasteiger partial charge in [-0.05, 0) is 29.5 Å². The van der Waals surface area contributed by atoms with Crippen molar-refractivity contribution in [2.75, 3.05) is 12.8 Å². The first-order valence-electron chi connectivity index (χ1n) is 6.42. The molecule has 0 bridgehead atoms. The number of nitrogen functional groups attached to an aromatic ring is 1. The molecule has 19 heavy (non-hydrogen) atoms. The van der Waals surface area contributed by atoms with E-state index in [1.165, 1.54) is 0 Å². The topological polar surface area (TPSA) is 61.3 Å². The van der Waals surface area contributed by atoms with Crippen LogP contribution in [0.4, 0.5) is 5.88 Å². The van der Waals surface area contributed by atoms with Crippen molar-refractivity contribution in [2.45, 2.75) is 26.2 Å². The van der Waals surface area contributed by atoms with E-state index in [4.69, 9.17) is 15.0 Å². The lowest BCUT2D eigenvalue weighted by atomic mass is 9.99. The molecule has 4 nitrogen and oxygen atoms in total. The van der Waals surface area contributed by atoms with Crippen molar-refractivity contribution in [3.8, 4) is 16.9 Å². The van der Waals surface area contributed by atoms with Crippen molar-refractivity contribution < 1.29 is 9.26 Å². The first kappa shape index (κ1) is 12.1. The molecule has 4 heteroatoms. The molecule has 0 spiro atoms. The van der Waals surface area contributed by atoms with Gasteiger partial charge in [0.25, 0.3) is 0 Å². The van der Waals surface area contributed by atoms with Gasteiger partial charge in [0.15, 0.2) is 0 Å². The lowest BCUT2D eigenvalue weighted by Gasteiger charge is -2.05. The number of hydrogen-bond acceptors (Lipinski definition) is 4. The van der Waals surface area contributed by atoms with E-state index >= 15 is 0 Å². The third-order valence-corrected chi connectivity index (χ3v) is 3.97. The molecule has 1 unspecified atom stereocenters. The molecule has 1 heterocycles. The van der Waals surface area contributed by atoms with Gasteiger partial charge in [-0.15, -0.1) is 0 Å². The van der Waals surface area contributed by atoms with E-state index in [-0.39, 0.29) is 0 Å². The normalized spacial score (nSPS) is 20.3. The molecule has 1 aliphatic rings. The molecule has 0 aliphatic heterocycles. The molecule has 1 aromatic heterocycles. The van der Waals surface area contributed by atoms with Crippen LogP contribution in [0.3, 0.4) is 0 Å². The Kier molecular flexibility index (Phi) is 2.55. The summed E-state index contributed by atoms with van der Waals surface area (Å²) in [6.45, 7) is 4.47. The summed E-state index contributed by atoms with van der Waals surface area (Å²) in [5.41, 5.74) is 9.17. The van der Waals surface area contributed by atoms with Gasteiger partial charge in [0, 0.05) is 5.92 Å². The van der Waals surface area contributed by atoms with Crippen molar-refractivity contribution in [3.63, 3.8) is 0 Å². The summed E-state index contributed by atoms with van der Waals surface area (Å²) in [6, 6.07) is 7.81. The number of anilines is 1. The lowest BCUT2D eigenvalue weighted by molar-refractivity contribution is 0.415. The van der Waals surface area contributed by atoms with Crippen LogP contribution in [0.25, 0.3) is 11.1 Å². The van der Waals surface area contributed by atoms with Gasteiger partial charge in [0.1, 0.15) is 5.75 Å². The average Bonchev–Trinajstić information content (AvgIpc) is 2.86. The van der Waals surface area contributed by atoms with E-state index in [0.29, 0.717) is 17.2 Å². The Balaban J connectivity index is 2.02. The molecule has 3 rings (SSSR count). The van der Waals surface area contributed by atoms with E-state index < -0.39 is 0 Å². The molecule has 0 amide bonds. The summed E-state index contributed by atoms with van der Waals surface area (Å²) in [6.07, 6.45) is 1.13. The van der Waals surface area contributed by atoms with Gasteiger partial charge in [-0.1, -0.05) is 31.1 Å². The van der Waals surface area contributed by atoms with Gasteiger partial charge in [0.05, 0.1) is 18.4 Å². The van der Waals surface area contributed by atoms with Crippen LogP contribution in [-0.2, 0) is 0 Å². The quantitative estimate of drug-likeness (QED) is 0.916. The molecular formula is C15H18N2O2. The Morgan fingerprint density at radius 3 is 2.47 bits per heavy atom. The van der Waals surface area contributed by atoms with Crippen LogP contribution in [0.15, 0.2) is 28.8 Å². The number of rotatable bonds is 3. The first-order chi connectivity index (χ1) is 9.03. The van der Waals surface area contributed by atoms with Crippen LogP contribution >= 0.6 is 0 Å². The Hall–Kier alpha value is -1.97. The average molecular weight is 258 g/mol. The zero-order chi connectivity index (χ0) is 13.6. The molecule has 1 aliphatic carbocycles. The maximum atomic E-state index is 5.94. The minimum absolute atomic E-state index is 0.296. The molecule has 0 saturated heterocycles. The third kappa shape index (κ3) is 1.97. The number of aromatic nitrogens is 1. The van der Waals surface area contributed by atoms with E-state index in [2.05, 4.69) is 19.0 Å². The Labute approximate surface area is 112 Å². The van der Waals surface area contributed by atoms with E-state index in [1.54, 1.807) is 7.11 Å². The monoisotopic (exact) mass is 258 g/mol. The van der Waals surface area contributed by atoms with Gasteiger partial charge in [-0.3, -0.25) is 0 Å². The predicted octanol–water partition coefficient (Wildman–Crippen LogP) is 3.45. The van der Waals surface area contributed by atoms with E-state index in [1.807, 2.05) is 24.3 Å². The van der Waals surface area contributed by atoms with E-state index in [0.717, 1.165) is 29.0 Å². The number of benzene rings is 1. The largest absolute Gasteiger partial charge is 0.497 e. The van der Waals surface area contributed by atoms with Gasteiger partial charge < -0.3 is 15.0 Å². The number of nitrogens with two attached hydrogens (primary N) is 1. The van der Waals surface area contributed by atoms with Crippen molar-refractivity contribution in [1.29, 1.82) is 0 Å². The summed E-state index contributed by atoms with van der Waals surface area (Å²) < 4.78 is 10.4. The second kappa shape index (κ2) is 4.02. The SMILES string of the molecule is COc1ccc(-c2c(C3CC3(C)C)noc2N)cc1. The molecule has 2 N–H and O–H groups in total.